The number of nitrogen functional groups attached to an aromatic ring is 1. The second kappa shape index (κ2) is 4.01. The highest BCUT2D eigenvalue weighted by atomic mass is 16.5. The first kappa shape index (κ1) is 10.0. The van der Waals surface area contributed by atoms with Crippen molar-refractivity contribution in [1.82, 2.24) is 5.16 Å². The van der Waals surface area contributed by atoms with E-state index in [1.165, 1.54) is 0 Å². The molecule has 0 fully saturated rings. The number of hydrogen-bond acceptors (Lipinski definition) is 5. The minimum Gasteiger partial charge on any atom is -0.490 e. The summed E-state index contributed by atoms with van der Waals surface area (Å²) < 4.78 is 10.5. The van der Waals surface area contributed by atoms with Gasteiger partial charge < -0.3 is 19.9 Å². The van der Waals surface area contributed by atoms with Gasteiger partial charge in [0.05, 0.1) is 18.8 Å². The number of rotatable bonds is 2. The van der Waals surface area contributed by atoms with Crippen LogP contribution in [0.1, 0.15) is 5.69 Å². The van der Waals surface area contributed by atoms with E-state index in [2.05, 4.69) is 10.1 Å². The zero-order chi connectivity index (χ0) is 11.7. The smallest absolute Gasteiger partial charge is 0.222 e. The van der Waals surface area contributed by atoms with Gasteiger partial charge in [0.25, 0.3) is 0 Å². The number of benzene rings is 1. The van der Waals surface area contributed by atoms with Gasteiger partial charge in [0, 0.05) is 6.07 Å². The summed E-state index contributed by atoms with van der Waals surface area (Å²) in [5.41, 5.74) is 7.42. The molecule has 1 aromatic heterocycles. The highest BCUT2D eigenvalue weighted by molar-refractivity contribution is 5.59. The number of fused-ring (bicyclic) bond motifs is 1. The molecule has 0 radical (unpaired) electrons. The van der Waals surface area contributed by atoms with E-state index in [0.29, 0.717) is 19.0 Å². The lowest BCUT2D eigenvalue weighted by atomic mass is 10.2. The number of para-hydroxylation sites is 2. The zero-order valence-corrected chi connectivity index (χ0v) is 9.30. The van der Waals surface area contributed by atoms with Crippen LogP contribution in [-0.2, 0) is 6.54 Å². The van der Waals surface area contributed by atoms with Crippen LogP contribution in [0.3, 0.4) is 0 Å². The second-order valence-electron chi connectivity index (χ2n) is 3.96. The topological polar surface area (TPSA) is 64.5 Å². The molecule has 5 nitrogen and oxygen atoms in total. The number of aromatic nitrogens is 1. The number of anilines is 2. The Kier molecular flexibility index (Phi) is 2.36. The molecule has 88 valence electrons. The van der Waals surface area contributed by atoms with Crippen molar-refractivity contribution in [2.24, 2.45) is 0 Å². The fraction of sp³-hybridized carbons (Fsp3) is 0.250. The Balaban J connectivity index is 1.85. The van der Waals surface area contributed by atoms with Gasteiger partial charge in [-0.15, -0.1) is 0 Å². The maximum Gasteiger partial charge on any atom is 0.222 e. The quantitative estimate of drug-likeness (QED) is 0.851. The van der Waals surface area contributed by atoms with Gasteiger partial charge in [0.1, 0.15) is 18.1 Å². The predicted octanol–water partition coefficient (Wildman–Crippen LogP) is 1.66. The van der Waals surface area contributed by atoms with Crippen LogP contribution in [0, 0.1) is 0 Å². The van der Waals surface area contributed by atoms with Crippen LogP contribution < -0.4 is 15.4 Å². The maximum atomic E-state index is 5.59. The molecule has 3 rings (SSSR count). The van der Waals surface area contributed by atoms with Crippen LogP contribution >= 0.6 is 0 Å². The van der Waals surface area contributed by atoms with E-state index in [1.807, 2.05) is 24.3 Å². The summed E-state index contributed by atoms with van der Waals surface area (Å²) in [7, 11) is 0. The largest absolute Gasteiger partial charge is 0.490 e. The first-order valence-corrected chi connectivity index (χ1v) is 5.51. The van der Waals surface area contributed by atoms with Gasteiger partial charge in [-0.3, -0.25) is 0 Å². The highest BCUT2D eigenvalue weighted by Crippen LogP contribution is 2.31. The highest BCUT2D eigenvalue weighted by Gasteiger charge is 2.18. The molecule has 2 heterocycles. The molecule has 1 aliphatic rings. The average Bonchev–Trinajstić information content (AvgIpc) is 2.75. The number of nitrogens with zero attached hydrogens (tertiary/aromatic N) is 2. The SMILES string of the molecule is Nc1cc(CN2CCOc3ccccc32)no1. The Morgan fingerprint density at radius 2 is 2.24 bits per heavy atom. The predicted molar refractivity (Wildman–Crippen MR) is 63.9 cm³/mol. The monoisotopic (exact) mass is 231 g/mol. The molecule has 2 N–H and O–H groups in total. The molecule has 1 aromatic carbocycles. The lowest BCUT2D eigenvalue weighted by molar-refractivity contribution is 0.306. The summed E-state index contributed by atoms with van der Waals surface area (Å²) in [5, 5.41) is 3.90. The van der Waals surface area contributed by atoms with E-state index >= 15 is 0 Å². The van der Waals surface area contributed by atoms with Gasteiger partial charge in [-0.25, -0.2) is 0 Å². The van der Waals surface area contributed by atoms with E-state index in [4.69, 9.17) is 15.0 Å². The van der Waals surface area contributed by atoms with Crippen molar-refractivity contribution in [1.29, 1.82) is 0 Å². The molecule has 0 unspecified atom stereocenters. The Labute approximate surface area is 98.8 Å². The Hall–Kier alpha value is -2.17. The van der Waals surface area contributed by atoms with Gasteiger partial charge in [0.15, 0.2) is 0 Å². The molecule has 17 heavy (non-hydrogen) atoms. The first-order chi connectivity index (χ1) is 8.33. The Bertz CT molecular complexity index is 524. The van der Waals surface area contributed by atoms with Crippen molar-refractivity contribution < 1.29 is 9.26 Å². The first-order valence-electron chi connectivity index (χ1n) is 5.51. The van der Waals surface area contributed by atoms with Crippen LogP contribution in [0.25, 0.3) is 0 Å². The molecule has 2 aromatic rings. The van der Waals surface area contributed by atoms with Crippen LogP contribution in [-0.4, -0.2) is 18.3 Å². The van der Waals surface area contributed by atoms with Gasteiger partial charge in [0.2, 0.25) is 5.88 Å². The second-order valence-corrected chi connectivity index (χ2v) is 3.96. The minimum atomic E-state index is 0.349. The summed E-state index contributed by atoms with van der Waals surface area (Å²) in [6.07, 6.45) is 0. The lowest BCUT2D eigenvalue weighted by Gasteiger charge is -2.30. The van der Waals surface area contributed by atoms with Crippen LogP contribution in [0.4, 0.5) is 11.6 Å². The molecule has 1 aliphatic heterocycles. The fourth-order valence-corrected chi connectivity index (χ4v) is 1.99. The molecule has 0 aliphatic carbocycles. The number of nitrogens with two attached hydrogens (primary N) is 1. The van der Waals surface area contributed by atoms with E-state index in [1.54, 1.807) is 6.07 Å². The molecule has 0 saturated carbocycles. The molecule has 0 saturated heterocycles. The van der Waals surface area contributed by atoms with E-state index in [-0.39, 0.29) is 0 Å². The normalized spacial score (nSPS) is 14.2. The summed E-state index contributed by atoms with van der Waals surface area (Å²) in [4.78, 5) is 2.20. The summed E-state index contributed by atoms with van der Waals surface area (Å²) in [5.74, 6) is 1.26. The van der Waals surface area contributed by atoms with Crippen molar-refractivity contribution >= 4 is 11.6 Å². The summed E-state index contributed by atoms with van der Waals surface area (Å²) in [6, 6.07) is 9.72. The fourth-order valence-electron chi connectivity index (χ4n) is 1.99. The molecule has 0 atom stereocenters. The van der Waals surface area contributed by atoms with Gasteiger partial charge in [-0.05, 0) is 12.1 Å². The van der Waals surface area contributed by atoms with E-state index in [0.717, 1.165) is 23.7 Å². The zero-order valence-electron chi connectivity index (χ0n) is 9.30. The number of hydrogen-bond donors (Lipinski definition) is 1. The van der Waals surface area contributed by atoms with E-state index in [9.17, 15) is 0 Å². The van der Waals surface area contributed by atoms with Crippen LogP contribution in [0.2, 0.25) is 0 Å². The van der Waals surface area contributed by atoms with Crippen molar-refractivity contribution in [3.05, 3.63) is 36.0 Å². The minimum absolute atomic E-state index is 0.349. The Morgan fingerprint density at radius 1 is 1.35 bits per heavy atom. The lowest BCUT2D eigenvalue weighted by Crippen LogP contribution is -2.32. The van der Waals surface area contributed by atoms with Crippen molar-refractivity contribution in [2.45, 2.75) is 6.54 Å². The van der Waals surface area contributed by atoms with Gasteiger partial charge in [-0.1, -0.05) is 17.3 Å². The molecule has 0 spiro atoms. The van der Waals surface area contributed by atoms with Crippen molar-refractivity contribution in [2.75, 3.05) is 23.8 Å². The molecular weight excluding hydrogens is 218 g/mol. The standard InChI is InChI=1S/C12H13N3O2/c13-12-7-9(14-17-12)8-15-5-6-16-11-4-2-1-3-10(11)15/h1-4,7H,5-6,8,13H2. The summed E-state index contributed by atoms with van der Waals surface area (Å²) in [6.45, 7) is 2.20. The maximum absolute atomic E-state index is 5.59. The van der Waals surface area contributed by atoms with Gasteiger partial charge in [-0.2, -0.15) is 0 Å². The Morgan fingerprint density at radius 3 is 3.06 bits per heavy atom. The van der Waals surface area contributed by atoms with Crippen LogP contribution in [0.15, 0.2) is 34.9 Å². The number of ether oxygens (including phenoxy) is 1. The van der Waals surface area contributed by atoms with E-state index < -0.39 is 0 Å². The molecule has 5 heteroatoms. The van der Waals surface area contributed by atoms with Crippen molar-refractivity contribution in [3.63, 3.8) is 0 Å². The van der Waals surface area contributed by atoms with Crippen molar-refractivity contribution in [3.8, 4) is 5.75 Å². The molecule has 0 bridgehead atoms. The van der Waals surface area contributed by atoms with Crippen LogP contribution in [0.5, 0.6) is 5.75 Å². The molecule has 0 amide bonds. The molecular formula is C12H13N3O2. The third-order valence-corrected chi connectivity index (χ3v) is 2.75. The third-order valence-electron chi connectivity index (χ3n) is 2.75. The van der Waals surface area contributed by atoms with Gasteiger partial charge >= 0.3 is 0 Å². The summed E-state index contributed by atoms with van der Waals surface area (Å²) >= 11 is 0. The average molecular weight is 231 g/mol. The third kappa shape index (κ3) is 1.91.